The van der Waals surface area contributed by atoms with Gasteiger partial charge in [0.15, 0.2) is 0 Å². The molecule has 0 amide bonds. The van der Waals surface area contributed by atoms with Gasteiger partial charge >= 0.3 is 5.97 Å². The van der Waals surface area contributed by atoms with Crippen molar-refractivity contribution >= 4 is 17.0 Å². The molecule has 0 unspecified atom stereocenters. The lowest BCUT2D eigenvalue weighted by Crippen LogP contribution is -2.03. The molecule has 1 heterocycles. The van der Waals surface area contributed by atoms with Crippen molar-refractivity contribution < 1.29 is 14.6 Å². The highest BCUT2D eigenvalue weighted by atomic mass is 16.5. The summed E-state index contributed by atoms with van der Waals surface area (Å²) in [6.45, 7) is 0. The molecule has 76 valence electrons. The smallest absolute Gasteiger partial charge is 0.341 e. The predicted molar refractivity (Wildman–Crippen MR) is 53.0 cm³/mol. The molecule has 0 aliphatic carbocycles. The van der Waals surface area contributed by atoms with E-state index in [1.807, 2.05) is 0 Å². The number of benzene rings is 1. The number of hydrogen-bond donors (Lipinski definition) is 1. The second-order valence-electron chi connectivity index (χ2n) is 2.87. The van der Waals surface area contributed by atoms with Crippen LogP contribution in [-0.2, 0) is 0 Å². The van der Waals surface area contributed by atoms with Crippen LogP contribution in [0.25, 0.3) is 11.0 Å². The van der Waals surface area contributed by atoms with Crippen LogP contribution >= 0.6 is 0 Å². The summed E-state index contributed by atoms with van der Waals surface area (Å²) in [6.07, 6.45) is 2.97. The van der Waals surface area contributed by atoms with E-state index in [2.05, 4.69) is 9.97 Å². The van der Waals surface area contributed by atoms with E-state index in [4.69, 9.17) is 9.84 Å². The van der Waals surface area contributed by atoms with Crippen molar-refractivity contribution in [2.45, 2.75) is 0 Å². The maximum Gasteiger partial charge on any atom is 0.341 e. The number of rotatable bonds is 2. The van der Waals surface area contributed by atoms with Crippen molar-refractivity contribution in [3.8, 4) is 5.75 Å². The van der Waals surface area contributed by atoms with E-state index in [0.717, 1.165) is 0 Å². The Bertz CT molecular complexity index is 525. The van der Waals surface area contributed by atoms with Crippen molar-refractivity contribution in [2.24, 2.45) is 0 Å². The third-order valence-corrected chi connectivity index (χ3v) is 2.04. The zero-order valence-electron chi connectivity index (χ0n) is 7.97. The molecule has 0 saturated carbocycles. The van der Waals surface area contributed by atoms with Crippen molar-refractivity contribution in [3.63, 3.8) is 0 Å². The van der Waals surface area contributed by atoms with E-state index in [0.29, 0.717) is 11.0 Å². The van der Waals surface area contributed by atoms with Crippen LogP contribution < -0.4 is 4.74 Å². The molecule has 0 bridgehead atoms. The number of aromatic nitrogens is 2. The predicted octanol–water partition coefficient (Wildman–Crippen LogP) is 1.34. The summed E-state index contributed by atoms with van der Waals surface area (Å²) in [4.78, 5) is 19.1. The van der Waals surface area contributed by atoms with E-state index in [-0.39, 0.29) is 11.3 Å². The summed E-state index contributed by atoms with van der Waals surface area (Å²) >= 11 is 0. The molecule has 0 radical (unpaired) electrons. The van der Waals surface area contributed by atoms with E-state index in [1.165, 1.54) is 19.5 Å². The monoisotopic (exact) mass is 204 g/mol. The Balaban J connectivity index is 2.85. The molecule has 0 spiro atoms. The Morgan fingerprint density at radius 1 is 1.33 bits per heavy atom. The van der Waals surface area contributed by atoms with Gasteiger partial charge in [0, 0.05) is 12.4 Å². The first-order chi connectivity index (χ1) is 7.24. The second-order valence-corrected chi connectivity index (χ2v) is 2.87. The molecule has 2 aromatic rings. The maximum absolute atomic E-state index is 11.0. The first kappa shape index (κ1) is 9.39. The number of aromatic carboxylic acids is 1. The Hall–Kier alpha value is -2.17. The zero-order chi connectivity index (χ0) is 10.8. The summed E-state index contributed by atoms with van der Waals surface area (Å²) in [5, 5.41) is 9.05. The van der Waals surface area contributed by atoms with E-state index in [9.17, 15) is 4.79 Å². The van der Waals surface area contributed by atoms with Crippen LogP contribution in [0.2, 0.25) is 0 Å². The number of nitrogens with zero attached hydrogens (tertiary/aromatic N) is 2. The molecule has 0 fully saturated rings. The summed E-state index contributed by atoms with van der Waals surface area (Å²) in [6, 6.07) is 3.24. The molecule has 1 N–H and O–H groups in total. The number of carboxylic acids is 1. The highest BCUT2D eigenvalue weighted by Gasteiger charge is 2.16. The van der Waals surface area contributed by atoms with E-state index in [1.54, 1.807) is 12.1 Å². The fourth-order valence-electron chi connectivity index (χ4n) is 1.39. The number of hydrogen-bond acceptors (Lipinski definition) is 4. The van der Waals surface area contributed by atoms with Gasteiger partial charge in [-0.3, -0.25) is 9.97 Å². The first-order valence-electron chi connectivity index (χ1n) is 4.25. The summed E-state index contributed by atoms with van der Waals surface area (Å²) in [5.74, 6) is -0.784. The van der Waals surface area contributed by atoms with Gasteiger partial charge in [-0.1, -0.05) is 0 Å². The quantitative estimate of drug-likeness (QED) is 0.799. The average Bonchev–Trinajstić information content (AvgIpc) is 2.27. The highest BCUT2D eigenvalue weighted by Crippen LogP contribution is 2.24. The molecule has 0 atom stereocenters. The van der Waals surface area contributed by atoms with Crippen LogP contribution in [0, 0.1) is 0 Å². The first-order valence-corrected chi connectivity index (χ1v) is 4.25. The maximum atomic E-state index is 11.0. The minimum Gasteiger partial charge on any atom is -0.496 e. The molecule has 1 aromatic carbocycles. The molecule has 5 nitrogen and oxygen atoms in total. The summed E-state index contributed by atoms with van der Waals surface area (Å²) < 4.78 is 4.97. The van der Waals surface area contributed by atoms with Crippen LogP contribution in [0.15, 0.2) is 24.5 Å². The second kappa shape index (κ2) is 3.53. The minimum absolute atomic E-state index is 0.0445. The molecule has 5 heteroatoms. The van der Waals surface area contributed by atoms with Crippen LogP contribution in [0.5, 0.6) is 5.75 Å². The number of carbonyl (C=O) groups is 1. The normalized spacial score (nSPS) is 10.2. The molecule has 0 aliphatic heterocycles. The minimum atomic E-state index is -1.07. The summed E-state index contributed by atoms with van der Waals surface area (Å²) in [5.41, 5.74) is 0.920. The molecule has 0 saturated heterocycles. The zero-order valence-corrected chi connectivity index (χ0v) is 7.97. The van der Waals surface area contributed by atoms with E-state index < -0.39 is 5.97 Å². The lowest BCUT2D eigenvalue weighted by Gasteiger charge is -2.06. The topological polar surface area (TPSA) is 72.3 Å². The van der Waals surface area contributed by atoms with Gasteiger partial charge in [-0.2, -0.15) is 0 Å². The van der Waals surface area contributed by atoms with Crippen LogP contribution in [0.4, 0.5) is 0 Å². The van der Waals surface area contributed by atoms with Crippen molar-refractivity contribution in [2.75, 3.05) is 7.11 Å². The molecule has 2 rings (SSSR count). The molecular formula is C10H8N2O3. The fourth-order valence-corrected chi connectivity index (χ4v) is 1.39. The lowest BCUT2D eigenvalue weighted by atomic mass is 10.1. The Labute approximate surface area is 85.4 Å². The van der Waals surface area contributed by atoms with Crippen molar-refractivity contribution in [3.05, 3.63) is 30.1 Å². The van der Waals surface area contributed by atoms with Crippen LogP contribution in [-0.4, -0.2) is 28.2 Å². The van der Waals surface area contributed by atoms with Crippen molar-refractivity contribution in [1.29, 1.82) is 0 Å². The molecule has 0 aliphatic rings. The van der Waals surface area contributed by atoms with Crippen molar-refractivity contribution in [1.82, 2.24) is 9.97 Å². The van der Waals surface area contributed by atoms with Gasteiger partial charge in [-0.25, -0.2) is 4.79 Å². The Morgan fingerprint density at radius 2 is 2.07 bits per heavy atom. The fraction of sp³-hybridized carbons (Fsp3) is 0.100. The third kappa shape index (κ3) is 1.48. The Kier molecular flexibility index (Phi) is 2.21. The van der Waals surface area contributed by atoms with Gasteiger partial charge in [0.1, 0.15) is 16.8 Å². The highest BCUT2D eigenvalue weighted by molar-refractivity contribution is 6.03. The molecule has 15 heavy (non-hydrogen) atoms. The summed E-state index contributed by atoms with van der Waals surface area (Å²) in [7, 11) is 1.42. The number of carboxylic acid groups (broad SMARTS) is 1. The van der Waals surface area contributed by atoms with Gasteiger partial charge < -0.3 is 9.84 Å². The van der Waals surface area contributed by atoms with Gasteiger partial charge in [0.05, 0.1) is 12.6 Å². The van der Waals surface area contributed by atoms with Gasteiger partial charge in [-0.05, 0) is 12.1 Å². The van der Waals surface area contributed by atoms with Crippen LogP contribution in [0.1, 0.15) is 10.4 Å². The van der Waals surface area contributed by atoms with Gasteiger partial charge in [-0.15, -0.1) is 0 Å². The van der Waals surface area contributed by atoms with E-state index >= 15 is 0 Å². The molecule has 1 aromatic heterocycles. The largest absolute Gasteiger partial charge is 0.496 e. The number of ether oxygens (including phenoxy) is 1. The van der Waals surface area contributed by atoms with Gasteiger partial charge in [0.2, 0.25) is 0 Å². The Morgan fingerprint density at radius 3 is 2.73 bits per heavy atom. The number of methoxy groups -OCH3 is 1. The standard InChI is InChI=1S/C10H8N2O3/c1-15-7-3-2-6-9(8(7)10(13)14)12-5-4-11-6/h2-5H,1H3,(H,13,14). The van der Waals surface area contributed by atoms with Crippen LogP contribution in [0.3, 0.4) is 0 Å². The molecular weight excluding hydrogens is 196 g/mol. The third-order valence-electron chi connectivity index (χ3n) is 2.04. The average molecular weight is 204 g/mol. The lowest BCUT2D eigenvalue weighted by molar-refractivity contribution is 0.0695. The SMILES string of the molecule is COc1ccc2nccnc2c1C(=O)O. The number of fused-ring (bicyclic) bond motifs is 1. The van der Waals surface area contributed by atoms with Gasteiger partial charge in [0.25, 0.3) is 0 Å².